The standard InChI is InChI=1S/C14H8Br2F3NO/c15-9-4-5-11(12(16)7-9)13(21)20-10-3-1-2-8(6-10)14(17,18)19/h1-7H,(H,20,21). The van der Waals surface area contributed by atoms with Crippen LogP contribution in [0.1, 0.15) is 15.9 Å². The number of amides is 1. The Kier molecular flexibility index (Phi) is 4.73. The minimum Gasteiger partial charge on any atom is -0.322 e. The van der Waals surface area contributed by atoms with Gasteiger partial charge in [0.15, 0.2) is 0 Å². The van der Waals surface area contributed by atoms with Crippen LogP contribution in [0.15, 0.2) is 51.4 Å². The van der Waals surface area contributed by atoms with Crippen molar-refractivity contribution < 1.29 is 18.0 Å². The van der Waals surface area contributed by atoms with Gasteiger partial charge in [0.2, 0.25) is 0 Å². The number of benzene rings is 2. The number of anilines is 1. The molecule has 0 aliphatic heterocycles. The summed E-state index contributed by atoms with van der Waals surface area (Å²) in [5, 5.41) is 2.45. The van der Waals surface area contributed by atoms with E-state index >= 15 is 0 Å². The smallest absolute Gasteiger partial charge is 0.322 e. The average Bonchev–Trinajstić information content (AvgIpc) is 2.37. The number of alkyl halides is 3. The summed E-state index contributed by atoms with van der Waals surface area (Å²) in [6.07, 6.45) is -4.45. The first-order valence-electron chi connectivity index (χ1n) is 5.71. The Morgan fingerprint density at radius 2 is 1.76 bits per heavy atom. The maximum absolute atomic E-state index is 12.6. The zero-order valence-corrected chi connectivity index (χ0v) is 13.5. The molecule has 2 aromatic carbocycles. The Morgan fingerprint density at radius 3 is 2.38 bits per heavy atom. The van der Waals surface area contributed by atoms with Gasteiger partial charge in [-0.05, 0) is 52.3 Å². The molecule has 7 heteroatoms. The largest absolute Gasteiger partial charge is 0.416 e. The molecule has 0 saturated carbocycles. The van der Waals surface area contributed by atoms with E-state index in [1.165, 1.54) is 12.1 Å². The monoisotopic (exact) mass is 421 g/mol. The van der Waals surface area contributed by atoms with E-state index in [2.05, 4.69) is 37.2 Å². The summed E-state index contributed by atoms with van der Waals surface area (Å²) >= 11 is 6.49. The van der Waals surface area contributed by atoms with Gasteiger partial charge in [-0.25, -0.2) is 0 Å². The van der Waals surface area contributed by atoms with Gasteiger partial charge in [0, 0.05) is 14.6 Å². The topological polar surface area (TPSA) is 29.1 Å². The van der Waals surface area contributed by atoms with E-state index in [0.717, 1.165) is 16.6 Å². The maximum atomic E-state index is 12.6. The van der Waals surface area contributed by atoms with Crippen molar-refractivity contribution in [3.8, 4) is 0 Å². The van der Waals surface area contributed by atoms with Gasteiger partial charge >= 0.3 is 6.18 Å². The lowest BCUT2D eigenvalue weighted by molar-refractivity contribution is -0.137. The number of nitrogens with one attached hydrogen (secondary N) is 1. The van der Waals surface area contributed by atoms with Crippen molar-refractivity contribution in [3.05, 3.63) is 62.5 Å². The van der Waals surface area contributed by atoms with Crippen LogP contribution in [0.5, 0.6) is 0 Å². The van der Waals surface area contributed by atoms with Crippen LogP contribution in [-0.4, -0.2) is 5.91 Å². The van der Waals surface area contributed by atoms with Crippen molar-refractivity contribution in [2.24, 2.45) is 0 Å². The first-order chi connectivity index (χ1) is 9.77. The van der Waals surface area contributed by atoms with Gasteiger partial charge in [0.1, 0.15) is 0 Å². The molecule has 2 rings (SSSR count). The Bertz CT molecular complexity index is 686. The fourth-order valence-corrected chi connectivity index (χ4v) is 2.87. The second kappa shape index (κ2) is 6.19. The third-order valence-electron chi connectivity index (χ3n) is 2.62. The molecule has 0 saturated heterocycles. The molecular formula is C14H8Br2F3NO. The second-order valence-corrected chi connectivity index (χ2v) is 5.93. The molecule has 1 amide bonds. The van der Waals surface area contributed by atoms with Crippen LogP contribution in [-0.2, 0) is 6.18 Å². The van der Waals surface area contributed by atoms with Crippen molar-refractivity contribution in [3.63, 3.8) is 0 Å². The fourth-order valence-electron chi connectivity index (χ4n) is 1.65. The highest BCUT2D eigenvalue weighted by molar-refractivity contribution is 9.11. The number of hydrogen-bond acceptors (Lipinski definition) is 1. The number of hydrogen-bond donors (Lipinski definition) is 1. The Balaban J connectivity index is 2.24. The van der Waals surface area contributed by atoms with Gasteiger partial charge in [-0.3, -0.25) is 4.79 Å². The van der Waals surface area contributed by atoms with Crippen LogP contribution in [0.4, 0.5) is 18.9 Å². The molecule has 0 bridgehead atoms. The number of carbonyl (C=O) groups excluding carboxylic acids is 1. The van der Waals surface area contributed by atoms with Crippen molar-refractivity contribution in [1.82, 2.24) is 0 Å². The van der Waals surface area contributed by atoms with E-state index in [4.69, 9.17) is 0 Å². The van der Waals surface area contributed by atoms with Crippen LogP contribution in [0, 0.1) is 0 Å². The van der Waals surface area contributed by atoms with Gasteiger partial charge in [0.05, 0.1) is 11.1 Å². The first kappa shape index (κ1) is 16.0. The highest BCUT2D eigenvalue weighted by atomic mass is 79.9. The maximum Gasteiger partial charge on any atom is 0.416 e. The van der Waals surface area contributed by atoms with Gasteiger partial charge in [-0.15, -0.1) is 0 Å². The predicted molar refractivity (Wildman–Crippen MR) is 81.2 cm³/mol. The first-order valence-corrected chi connectivity index (χ1v) is 7.29. The summed E-state index contributed by atoms with van der Waals surface area (Å²) in [6.45, 7) is 0. The zero-order valence-electron chi connectivity index (χ0n) is 10.3. The van der Waals surface area contributed by atoms with Gasteiger partial charge < -0.3 is 5.32 Å². The Labute approximate surface area is 135 Å². The normalized spacial score (nSPS) is 11.3. The molecule has 0 aliphatic carbocycles. The Hall–Kier alpha value is -1.34. The molecule has 0 spiro atoms. The minimum absolute atomic E-state index is 0.0876. The summed E-state index contributed by atoms with van der Waals surface area (Å²) in [5.74, 6) is -0.492. The third kappa shape index (κ3) is 4.07. The van der Waals surface area contributed by atoms with Crippen molar-refractivity contribution in [1.29, 1.82) is 0 Å². The lowest BCUT2D eigenvalue weighted by Gasteiger charge is -2.10. The molecule has 110 valence electrons. The van der Waals surface area contributed by atoms with Gasteiger partial charge in [-0.2, -0.15) is 13.2 Å². The van der Waals surface area contributed by atoms with Crippen molar-refractivity contribution >= 4 is 43.5 Å². The van der Waals surface area contributed by atoms with Crippen LogP contribution in [0.2, 0.25) is 0 Å². The number of rotatable bonds is 2. The molecule has 0 atom stereocenters. The molecule has 0 aliphatic rings. The second-order valence-electron chi connectivity index (χ2n) is 4.16. The summed E-state index contributed by atoms with van der Waals surface area (Å²) < 4.78 is 39.2. The molecule has 1 N–H and O–H groups in total. The van der Waals surface area contributed by atoms with Crippen molar-refractivity contribution in [2.45, 2.75) is 6.18 Å². The highest BCUT2D eigenvalue weighted by Crippen LogP contribution is 2.31. The predicted octanol–water partition coefficient (Wildman–Crippen LogP) is 5.48. The highest BCUT2D eigenvalue weighted by Gasteiger charge is 2.30. The van der Waals surface area contributed by atoms with Crippen LogP contribution >= 0.6 is 31.9 Å². The number of carbonyl (C=O) groups is 1. The molecule has 0 heterocycles. The van der Waals surface area contributed by atoms with Crippen LogP contribution in [0.25, 0.3) is 0 Å². The lowest BCUT2D eigenvalue weighted by atomic mass is 10.1. The summed E-state index contributed by atoms with van der Waals surface area (Å²) in [5.41, 5.74) is -0.393. The molecule has 0 radical (unpaired) electrons. The molecule has 0 unspecified atom stereocenters. The lowest BCUT2D eigenvalue weighted by Crippen LogP contribution is -2.13. The van der Waals surface area contributed by atoms with E-state index in [0.29, 0.717) is 10.0 Å². The summed E-state index contributed by atoms with van der Waals surface area (Å²) in [7, 11) is 0. The molecule has 0 aromatic heterocycles. The molecule has 2 aromatic rings. The zero-order chi connectivity index (χ0) is 15.6. The molecule has 21 heavy (non-hydrogen) atoms. The van der Waals surface area contributed by atoms with Crippen LogP contribution in [0.3, 0.4) is 0 Å². The third-order valence-corrected chi connectivity index (χ3v) is 3.77. The van der Waals surface area contributed by atoms with Gasteiger partial charge in [-0.1, -0.05) is 22.0 Å². The van der Waals surface area contributed by atoms with E-state index in [9.17, 15) is 18.0 Å². The minimum atomic E-state index is -4.45. The van der Waals surface area contributed by atoms with Crippen LogP contribution < -0.4 is 5.32 Å². The number of halogens is 5. The molecule has 2 nitrogen and oxygen atoms in total. The van der Waals surface area contributed by atoms with Crippen molar-refractivity contribution in [2.75, 3.05) is 5.32 Å². The SMILES string of the molecule is O=C(Nc1cccc(C(F)(F)F)c1)c1ccc(Br)cc1Br. The summed E-state index contributed by atoms with van der Waals surface area (Å²) in [4.78, 5) is 12.1. The molecule has 0 fully saturated rings. The fraction of sp³-hybridized carbons (Fsp3) is 0.0714. The Morgan fingerprint density at radius 1 is 1.05 bits per heavy atom. The van der Waals surface area contributed by atoms with E-state index in [-0.39, 0.29) is 5.69 Å². The van der Waals surface area contributed by atoms with Gasteiger partial charge in [0.25, 0.3) is 5.91 Å². The molecular weight excluding hydrogens is 415 g/mol. The average molecular weight is 423 g/mol. The van der Waals surface area contributed by atoms with E-state index < -0.39 is 17.6 Å². The summed E-state index contributed by atoms with van der Waals surface area (Å²) in [6, 6.07) is 9.41. The van der Waals surface area contributed by atoms with E-state index in [1.807, 2.05) is 0 Å². The van der Waals surface area contributed by atoms with E-state index in [1.54, 1.807) is 18.2 Å². The quantitative estimate of drug-likeness (QED) is 0.681.